The molecule has 1 atom stereocenters. The van der Waals surface area contributed by atoms with Crippen molar-refractivity contribution in [2.24, 2.45) is 0 Å². The molecule has 1 aromatic heterocycles. The van der Waals surface area contributed by atoms with E-state index in [4.69, 9.17) is 19.2 Å². The lowest BCUT2D eigenvalue weighted by atomic mass is 9.76. The van der Waals surface area contributed by atoms with Crippen LogP contribution in [-0.2, 0) is 10.5 Å². The fraction of sp³-hybridized carbons (Fsp3) is 0.321. The van der Waals surface area contributed by atoms with Crippen LogP contribution in [-0.4, -0.2) is 37.1 Å². The Hall–Kier alpha value is -3.72. The summed E-state index contributed by atoms with van der Waals surface area (Å²) in [5.41, 5.74) is 4.57. The number of fused-ring (bicyclic) bond motifs is 1. The summed E-state index contributed by atoms with van der Waals surface area (Å²) in [4.78, 5) is 34.5. The average molecular weight is 520 g/mol. The first-order valence-electron chi connectivity index (χ1n) is 12.1. The van der Waals surface area contributed by atoms with Crippen LogP contribution in [0.2, 0.25) is 0 Å². The minimum Gasteiger partial charge on any atom is -0.493 e. The number of hydrogen-bond donors (Lipinski definition) is 2. The molecule has 2 heterocycles. The highest BCUT2D eigenvalue weighted by atomic mass is 32.2. The highest BCUT2D eigenvalue weighted by molar-refractivity contribution is 7.98. The molecule has 1 aliphatic heterocycles. The van der Waals surface area contributed by atoms with Gasteiger partial charge in [0.15, 0.2) is 22.4 Å². The van der Waals surface area contributed by atoms with Gasteiger partial charge in [-0.3, -0.25) is 9.59 Å². The normalized spacial score (nSPS) is 16.5. The summed E-state index contributed by atoms with van der Waals surface area (Å²) < 4.78 is 16.6. The van der Waals surface area contributed by atoms with Crippen molar-refractivity contribution in [1.29, 1.82) is 0 Å². The summed E-state index contributed by atoms with van der Waals surface area (Å²) in [6.45, 7) is 2.05. The van der Waals surface area contributed by atoms with Gasteiger partial charge in [-0.15, -0.1) is 0 Å². The number of anilines is 1. The van der Waals surface area contributed by atoms with Crippen molar-refractivity contribution in [3.8, 4) is 17.2 Å². The lowest BCUT2D eigenvalue weighted by molar-refractivity contribution is -0.116. The van der Waals surface area contributed by atoms with E-state index >= 15 is 0 Å². The quantitative estimate of drug-likeness (QED) is 0.334. The third kappa shape index (κ3) is 4.71. The molecule has 1 aliphatic carbocycles. The number of nitrogens with one attached hydrogen (secondary N) is 2. The van der Waals surface area contributed by atoms with Gasteiger partial charge in [-0.25, -0.2) is 4.98 Å². The summed E-state index contributed by atoms with van der Waals surface area (Å²) in [5.74, 6) is 1.92. The Morgan fingerprint density at radius 2 is 1.70 bits per heavy atom. The van der Waals surface area contributed by atoms with Crippen molar-refractivity contribution >= 4 is 23.4 Å². The highest BCUT2D eigenvalue weighted by Gasteiger charge is 2.38. The van der Waals surface area contributed by atoms with Crippen molar-refractivity contribution in [2.45, 2.75) is 43.0 Å². The van der Waals surface area contributed by atoms with Crippen LogP contribution in [0.5, 0.6) is 17.2 Å². The number of nitrogens with zero attached hydrogens (tertiary/aromatic N) is 1. The van der Waals surface area contributed by atoms with Crippen LogP contribution in [0, 0.1) is 6.92 Å². The Kier molecular flexibility index (Phi) is 6.97. The van der Waals surface area contributed by atoms with Gasteiger partial charge in [0.25, 0.3) is 5.56 Å². The zero-order valence-electron chi connectivity index (χ0n) is 21.3. The molecule has 192 valence electrons. The van der Waals surface area contributed by atoms with Gasteiger partial charge >= 0.3 is 0 Å². The lowest BCUT2D eigenvalue weighted by Gasteiger charge is -2.33. The number of ketones is 1. The van der Waals surface area contributed by atoms with Crippen LogP contribution < -0.4 is 25.1 Å². The van der Waals surface area contributed by atoms with Gasteiger partial charge in [0.05, 0.1) is 26.9 Å². The number of aromatic nitrogens is 2. The van der Waals surface area contributed by atoms with E-state index in [1.807, 2.05) is 0 Å². The Morgan fingerprint density at radius 3 is 2.35 bits per heavy atom. The predicted molar refractivity (Wildman–Crippen MR) is 143 cm³/mol. The Balaban J connectivity index is 1.61. The van der Waals surface area contributed by atoms with E-state index in [2.05, 4.69) is 41.5 Å². The molecule has 0 amide bonds. The van der Waals surface area contributed by atoms with E-state index in [0.29, 0.717) is 63.5 Å². The molecule has 3 aromatic rings. The third-order valence-electron chi connectivity index (χ3n) is 6.75. The summed E-state index contributed by atoms with van der Waals surface area (Å²) >= 11 is 1.46. The molecule has 0 saturated heterocycles. The number of allylic oxidation sites excluding steroid dienone is 2. The smallest absolute Gasteiger partial charge is 0.257 e. The molecule has 0 saturated carbocycles. The maximum Gasteiger partial charge on any atom is 0.257 e. The van der Waals surface area contributed by atoms with Crippen molar-refractivity contribution in [1.82, 2.24) is 9.97 Å². The number of H-pyrrole nitrogens is 1. The van der Waals surface area contributed by atoms with Crippen LogP contribution in [0.4, 0.5) is 5.82 Å². The summed E-state index contributed by atoms with van der Waals surface area (Å²) in [7, 11) is 4.62. The summed E-state index contributed by atoms with van der Waals surface area (Å²) in [5, 5.41) is 3.84. The van der Waals surface area contributed by atoms with Crippen molar-refractivity contribution in [3.63, 3.8) is 0 Å². The van der Waals surface area contributed by atoms with E-state index in [-0.39, 0.29) is 11.3 Å². The van der Waals surface area contributed by atoms with E-state index in [1.165, 1.54) is 24.4 Å². The SMILES string of the molecule is COc1cc(C2C3=C(CCCC3=O)Nc3nc(SCc4ccc(C)cc4)[nH]c(=O)c32)cc(OC)c1OC. The monoisotopic (exact) mass is 519 g/mol. The third-order valence-corrected chi connectivity index (χ3v) is 7.70. The van der Waals surface area contributed by atoms with Gasteiger partial charge in [0.1, 0.15) is 5.82 Å². The fourth-order valence-corrected chi connectivity index (χ4v) is 5.76. The largest absolute Gasteiger partial charge is 0.493 e. The Labute approximate surface area is 219 Å². The van der Waals surface area contributed by atoms with E-state index in [9.17, 15) is 9.59 Å². The van der Waals surface area contributed by atoms with Crippen molar-refractivity contribution < 1.29 is 19.0 Å². The van der Waals surface area contributed by atoms with Gasteiger partial charge in [-0.05, 0) is 43.0 Å². The fourth-order valence-electron chi connectivity index (χ4n) is 4.95. The average Bonchev–Trinajstić information content (AvgIpc) is 2.90. The molecule has 8 nitrogen and oxygen atoms in total. The highest BCUT2D eigenvalue weighted by Crippen LogP contribution is 2.47. The number of hydrogen-bond acceptors (Lipinski definition) is 8. The topological polar surface area (TPSA) is 103 Å². The zero-order valence-corrected chi connectivity index (χ0v) is 22.1. The zero-order chi connectivity index (χ0) is 26.1. The predicted octanol–water partition coefficient (Wildman–Crippen LogP) is 4.96. The molecule has 37 heavy (non-hydrogen) atoms. The van der Waals surface area contributed by atoms with Gasteiger partial charge < -0.3 is 24.5 Å². The standard InChI is InChI=1S/C28H29N3O5S/c1-15-8-10-16(11-9-15)14-37-28-30-26-24(27(33)31-28)22(23-18(29-26)6-5-7-19(23)32)17-12-20(34-2)25(36-4)21(13-17)35-3/h8-13,22H,5-7,14H2,1-4H3,(H2,29,30,31,33). The van der Waals surface area contributed by atoms with Gasteiger partial charge in [-0.2, -0.15) is 0 Å². The van der Waals surface area contributed by atoms with Gasteiger partial charge in [-0.1, -0.05) is 41.6 Å². The summed E-state index contributed by atoms with van der Waals surface area (Å²) in [6, 6.07) is 11.9. The number of aromatic amines is 1. The Morgan fingerprint density at radius 1 is 1.00 bits per heavy atom. The van der Waals surface area contributed by atoms with Gasteiger partial charge in [0.2, 0.25) is 5.75 Å². The molecule has 0 bridgehead atoms. The van der Waals surface area contributed by atoms with Crippen LogP contribution >= 0.6 is 11.8 Å². The molecule has 1 unspecified atom stereocenters. The van der Waals surface area contributed by atoms with Crippen molar-refractivity contribution in [2.75, 3.05) is 26.6 Å². The van der Waals surface area contributed by atoms with Gasteiger partial charge in [0, 0.05) is 29.4 Å². The second-order valence-electron chi connectivity index (χ2n) is 9.09. The van der Waals surface area contributed by atoms with Crippen LogP contribution in [0.15, 0.2) is 57.6 Å². The Bertz CT molecular complexity index is 1420. The first-order chi connectivity index (χ1) is 17.9. The number of carbonyl (C=O) groups excluding carboxylic acids is 1. The van der Waals surface area contributed by atoms with E-state index in [0.717, 1.165) is 17.7 Å². The molecule has 2 aromatic carbocycles. The number of aryl methyl sites for hydroxylation is 1. The molecule has 2 aliphatic rings. The second-order valence-corrected chi connectivity index (χ2v) is 10.1. The number of rotatable bonds is 7. The molecule has 0 spiro atoms. The number of carbonyl (C=O) groups is 1. The minimum atomic E-state index is -0.611. The number of thioether (sulfide) groups is 1. The molecular weight excluding hydrogens is 490 g/mol. The molecule has 0 radical (unpaired) electrons. The molecule has 9 heteroatoms. The minimum absolute atomic E-state index is 0.0235. The van der Waals surface area contributed by atoms with Crippen molar-refractivity contribution in [3.05, 3.63) is 80.3 Å². The first-order valence-corrected chi connectivity index (χ1v) is 13.1. The van der Waals surface area contributed by atoms with Crippen LogP contribution in [0.1, 0.15) is 47.4 Å². The molecule has 2 N–H and O–H groups in total. The maximum atomic E-state index is 13.6. The van der Waals surface area contributed by atoms with E-state index in [1.54, 1.807) is 26.4 Å². The lowest BCUT2D eigenvalue weighted by Crippen LogP contribution is -2.32. The van der Waals surface area contributed by atoms with Crippen LogP contribution in [0.25, 0.3) is 0 Å². The number of benzene rings is 2. The van der Waals surface area contributed by atoms with E-state index < -0.39 is 5.92 Å². The second kappa shape index (κ2) is 10.3. The number of Topliss-reactive ketones (excluding diaryl/α,β-unsaturated/α-hetero) is 1. The molecular formula is C28H29N3O5S. The molecule has 5 rings (SSSR count). The maximum absolute atomic E-state index is 13.6. The molecule has 0 fully saturated rings. The van der Waals surface area contributed by atoms with Crippen LogP contribution in [0.3, 0.4) is 0 Å². The number of ether oxygens (including phenoxy) is 3. The summed E-state index contributed by atoms with van der Waals surface area (Å²) in [6.07, 6.45) is 1.90. The first kappa shape index (κ1) is 25.0. The number of methoxy groups -OCH3 is 3.